The first kappa shape index (κ1) is 16.5. The molecule has 1 heterocycles. The Morgan fingerprint density at radius 2 is 2.20 bits per heavy atom. The number of halogens is 1. The standard InChI is InChI=1S/C10H15FN2O6S/c1-4-18-10(14)8-9(11)12-6-13(8)7(17-2)5-19-20(3,15)16/h6-7H,4-5H2,1-3H3. The third-order valence-electron chi connectivity index (χ3n) is 2.22. The average Bonchev–Trinajstić information content (AvgIpc) is 2.71. The van der Waals surface area contributed by atoms with Crippen molar-refractivity contribution in [3.05, 3.63) is 18.0 Å². The van der Waals surface area contributed by atoms with Crippen LogP contribution in [0.4, 0.5) is 4.39 Å². The quantitative estimate of drug-likeness (QED) is 0.528. The Morgan fingerprint density at radius 1 is 1.55 bits per heavy atom. The number of methoxy groups -OCH3 is 1. The van der Waals surface area contributed by atoms with Crippen molar-refractivity contribution in [2.75, 3.05) is 26.6 Å². The first-order chi connectivity index (χ1) is 9.30. The zero-order valence-electron chi connectivity index (χ0n) is 11.2. The van der Waals surface area contributed by atoms with Crippen LogP contribution in [-0.2, 0) is 23.8 Å². The first-order valence-corrected chi connectivity index (χ1v) is 7.38. The van der Waals surface area contributed by atoms with Gasteiger partial charge in [0.1, 0.15) is 12.9 Å². The van der Waals surface area contributed by atoms with Gasteiger partial charge < -0.3 is 9.47 Å². The minimum absolute atomic E-state index is 0.0565. The van der Waals surface area contributed by atoms with Gasteiger partial charge in [-0.2, -0.15) is 12.8 Å². The van der Waals surface area contributed by atoms with Gasteiger partial charge in [0.25, 0.3) is 10.1 Å². The maximum Gasteiger partial charge on any atom is 0.359 e. The van der Waals surface area contributed by atoms with Gasteiger partial charge in [0.05, 0.1) is 12.9 Å². The van der Waals surface area contributed by atoms with Crippen LogP contribution in [0.1, 0.15) is 23.6 Å². The van der Waals surface area contributed by atoms with Gasteiger partial charge in [-0.25, -0.2) is 9.78 Å². The van der Waals surface area contributed by atoms with E-state index in [0.717, 1.165) is 17.2 Å². The molecule has 1 atom stereocenters. The van der Waals surface area contributed by atoms with E-state index in [4.69, 9.17) is 9.47 Å². The molecule has 0 fully saturated rings. The largest absolute Gasteiger partial charge is 0.461 e. The van der Waals surface area contributed by atoms with Gasteiger partial charge in [-0.1, -0.05) is 0 Å². The fraction of sp³-hybridized carbons (Fsp3) is 0.600. The summed E-state index contributed by atoms with van der Waals surface area (Å²) in [5.41, 5.74) is -0.462. The minimum Gasteiger partial charge on any atom is -0.461 e. The molecule has 1 unspecified atom stereocenters. The van der Waals surface area contributed by atoms with Crippen molar-refractivity contribution >= 4 is 16.1 Å². The lowest BCUT2D eigenvalue weighted by Crippen LogP contribution is -2.23. The van der Waals surface area contributed by atoms with Gasteiger partial charge >= 0.3 is 5.97 Å². The molecule has 0 aliphatic rings. The SMILES string of the molecule is CCOC(=O)c1c(F)ncn1C(COS(C)(=O)=O)OC. The normalized spacial score (nSPS) is 13.2. The maximum absolute atomic E-state index is 13.5. The van der Waals surface area contributed by atoms with E-state index < -0.39 is 40.6 Å². The number of carbonyl (C=O) groups excluding carboxylic acids is 1. The molecule has 0 radical (unpaired) electrons. The Morgan fingerprint density at radius 3 is 2.70 bits per heavy atom. The molecular formula is C10H15FN2O6S. The summed E-state index contributed by atoms with van der Waals surface area (Å²) in [5.74, 6) is -1.96. The van der Waals surface area contributed by atoms with Crippen molar-refractivity contribution < 1.29 is 31.3 Å². The number of nitrogens with zero attached hydrogens (tertiary/aromatic N) is 2. The summed E-state index contributed by atoms with van der Waals surface area (Å²) in [7, 11) is -2.44. The number of imidazole rings is 1. The van der Waals surface area contributed by atoms with Gasteiger partial charge in [0, 0.05) is 7.11 Å². The molecule has 0 aliphatic heterocycles. The van der Waals surface area contributed by atoms with E-state index in [-0.39, 0.29) is 6.61 Å². The molecule has 114 valence electrons. The van der Waals surface area contributed by atoms with Crippen LogP contribution in [-0.4, -0.2) is 50.5 Å². The smallest absolute Gasteiger partial charge is 0.359 e. The fourth-order valence-corrected chi connectivity index (χ4v) is 1.75. The Hall–Kier alpha value is -1.52. The molecule has 0 bridgehead atoms. The average molecular weight is 310 g/mol. The number of carbonyl (C=O) groups is 1. The highest BCUT2D eigenvalue weighted by Gasteiger charge is 2.25. The van der Waals surface area contributed by atoms with Crippen molar-refractivity contribution in [2.24, 2.45) is 0 Å². The summed E-state index contributed by atoms with van der Waals surface area (Å²) in [6.45, 7) is 1.19. The van der Waals surface area contributed by atoms with Crippen LogP contribution < -0.4 is 0 Å². The Balaban J connectivity index is 3.01. The topological polar surface area (TPSA) is 96.7 Å². The fourth-order valence-electron chi connectivity index (χ4n) is 1.39. The molecule has 0 N–H and O–H groups in total. The Labute approximate surface area is 115 Å². The summed E-state index contributed by atoms with van der Waals surface area (Å²) < 4.78 is 50.6. The second-order valence-corrected chi connectivity index (χ2v) is 5.33. The highest BCUT2D eigenvalue weighted by atomic mass is 32.2. The lowest BCUT2D eigenvalue weighted by molar-refractivity contribution is 0.00307. The molecule has 0 amide bonds. The summed E-state index contributed by atoms with van der Waals surface area (Å²) >= 11 is 0. The van der Waals surface area contributed by atoms with Gasteiger partial charge in [-0.15, -0.1) is 0 Å². The minimum atomic E-state index is -3.70. The second-order valence-electron chi connectivity index (χ2n) is 3.69. The summed E-state index contributed by atoms with van der Waals surface area (Å²) in [6, 6.07) is 0. The Kier molecular flexibility index (Phi) is 5.60. The molecule has 0 aromatic carbocycles. The van der Waals surface area contributed by atoms with Crippen LogP contribution in [0.15, 0.2) is 6.33 Å². The molecule has 1 rings (SSSR count). The lowest BCUT2D eigenvalue weighted by atomic mass is 10.4. The molecule has 20 heavy (non-hydrogen) atoms. The van der Waals surface area contributed by atoms with Crippen molar-refractivity contribution in [3.63, 3.8) is 0 Å². The van der Waals surface area contributed by atoms with Crippen LogP contribution in [0.25, 0.3) is 0 Å². The Bertz CT molecular complexity index is 570. The van der Waals surface area contributed by atoms with Crippen molar-refractivity contribution in [1.29, 1.82) is 0 Å². The van der Waals surface area contributed by atoms with E-state index in [0.29, 0.717) is 0 Å². The zero-order chi connectivity index (χ0) is 15.3. The van der Waals surface area contributed by atoms with Gasteiger partial charge in [0.15, 0.2) is 11.9 Å². The van der Waals surface area contributed by atoms with E-state index in [1.807, 2.05) is 0 Å². The molecule has 0 aliphatic carbocycles. The van der Waals surface area contributed by atoms with Crippen LogP contribution in [0, 0.1) is 5.95 Å². The number of esters is 1. The van der Waals surface area contributed by atoms with Gasteiger partial charge in [0.2, 0.25) is 5.95 Å². The number of hydrogen-bond acceptors (Lipinski definition) is 7. The van der Waals surface area contributed by atoms with E-state index in [1.165, 1.54) is 7.11 Å². The first-order valence-electron chi connectivity index (χ1n) is 5.56. The van der Waals surface area contributed by atoms with Crippen LogP contribution in [0.5, 0.6) is 0 Å². The monoisotopic (exact) mass is 310 g/mol. The van der Waals surface area contributed by atoms with Crippen LogP contribution >= 0.6 is 0 Å². The van der Waals surface area contributed by atoms with Gasteiger partial charge in [-0.05, 0) is 6.92 Å². The lowest BCUT2D eigenvalue weighted by Gasteiger charge is -2.18. The van der Waals surface area contributed by atoms with Crippen LogP contribution in [0.3, 0.4) is 0 Å². The molecule has 0 spiro atoms. The molecular weight excluding hydrogens is 295 g/mol. The third-order valence-corrected chi connectivity index (χ3v) is 2.79. The molecule has 10 heteroatoms. The van der Waals surface area contributed by atoms with E-state index in [9.17, 15) is 17.6 Å². The second kappa shape index (κ2) is 6.77. The predicted molar refractivity (Wildman–Crippen MR) is 65.0 cm³/mol. The predicted octanol–water partition coefficient (Wildman–Crippen LogP) is 0.320. The van der Waals surface area contributed by atoms with Gasteiger partial charge in [-0.3, -0.25) is 8.75 Å². The number of ether oxygens (including phenoxy) is 2. The van der Waals surface area contributed by atoms with E-state index >= 15 is 0 Å². The van der Waals surface area contributed by atoms with E-state index in [2.05, 4.69) is 9.17 Å². The molecule has 1 aromatic rings. The summed E-state index contributed by atoms with van der Waals surface area (Å²) in [5, 5.41) is 0. The van der Waals surface area contributed by atoms with Crippen molar-refractivity contribution in [2.45, 2.75) is 13.2 Å². The van der Waals surface area contributed by atoms with Crippen molar-refractivity contribution in [3.8, 4) is 0 Å². The number of hydrogen-bond donors (Lipinski definition) is 0. The molecule has 0 saturated carbocycles. The highest BCUT2D eigenvalue weighted by Crippen LogP contribution is 2.16. The van der Waals surface area contributed by atoms with Crippen LogP contribution in [0.2, 0.25) is 0 Å². The summed E-state index contributed by atoms with van der Waals surface area (Å²) in [6.07, 6.45) is 0.822. The van der Waals surface area contributed by atoms with Crippen molar-refractivity contribution in [1.82, 2.24) is 9.55 Å². The zero-order valence-corrected chi connectivity index (χ0v) is 12.0. The molecule has 0 saturated heterocycles. The molecule has 1 aromatic heterocycles. The third kappa shape index (κ3) is 4.25. The number of rotatable bonds is 7. The van der Waals surface area contributed by atoms with E-state index in [1.54, 1.807) is 6.92 Å². The highest BCUT2D eigenvalue weighted by molar-refractivity contribution is 7.85. The molecule has 8 nitrogen and oxygen atoms in total. The number of aromatic nitrogens is 2. The summed E-state index contributed by atoms with van der Waals surface area (Å²) in [4.78, 5) is 15.0. The maximum atomic E-state index is 13.5.